The van der Waals surface area contributed by atoms with Crippen LogP contribution in [-0.4, -0.2) is 18.3 Å². The van der Waals surface area contributed by atoms with E-state index < -0.39 is 20.2 Å². The van der Waals surface area contributed by atoms with Gasteiger partial charge in [0.1, 0.15) is 0 Å². The van der Waals surface area contributed by atoms with E-state index in [0.29, 0.717) is 0 Å². The number of benzene rings is 1. The quantitative estimate of drug-likeness (QED) is 0.786. The van der Waals surface area contributed by atoms with Crippen LogP contribution in [0, 0.1) is 0 Å². The molecule has 0 aliphatic heterocycles. The van der Waals surface area contributed by atoms with Gasteiger partial charge in [-0.25, -0.2) is 4.98 Å². The van der Waals surface area contributed by atoms with E-state index in [0.717, 1.165) is 5.56 Å². The van der Waals surface area contributed by atoms with Crippen LogP contribution in [0.25, 0.3) is 0 Å². The maximum atomic E-state index is 13.2. The highest BCUT2D eigenvalue weighted by Crippen LogP contribution is 2.32. The molecule has 0 atom stereocenters. The number of rotatable bonds is 4. The lowest BCUT2D eigenvalue weighted by atomic mass is 10.0. The number of hydrogen-bond acceptors (Lipinski definition) is 3. The van der Waals surface area contributed by atoms with Gasteiger partial charge in [-0.3, -0.25) is 0 Å². The Morgan fingerprint density at radius 3 is 2.27 bits per heavy atom. The fourth-order valence-corrected chi connectivity index (χ4v) is 2.55. The first kappa shape index (κ1) is 16.5. The molecule has 0 radical (unpaired) electrons. The van der Waals surface area contributed by atoms with Gasteiger partial charge in [-0.2, -0.15) is 18.2 Å². The Balaban J connectivity index is 2.37. The largest absolute Gasteiger partial charge is 0.518 e. The molecule has 0 spiro atoms. The number of hydrogen-bond donors (Lipinski definition) is 0. The molecule has 1 aromatic heterocycles. The summed E-state index contributed by atoms with van der Waals surface area (Å²) in [7, 11) is -2.06. The van der Waals surface area contributed by atoms with E-state index in [-0.39, 0.29) is 18.0 Å². The Morgan fingerprint density at radius 2 is 1.73 bits per heavy atom. The molecule has 118 valence electrons. The van der Waals surface area contributed by atoms with Gasteiger partial charge in [0.2, 0.25) is 8.32 Å². The van der Waals surface area contributed by atoms with Crippen molar-refractivity contribution in [3.8, 4) is 6.01 Å². The minimum atomic E-state index is -4.54. The fraction of sp³-hybridized carbons (Fsp3) is 0.333. The molecule has 0 aliphatic carbocycles. The number of alkyl halides is 3. The molecule has 0 fully saturated rings. The van der Waals surface area contributed by atoms with E-state index in [1.807, 2.05) is 25.7 Å². The summed E-state index contributed by atoms with van der Waals surface area (Å²) in [5.74, 6) is 0. The molecule has 7 heteroatoms. The smallest absolute Gasteiger partial charge is 0.433 e. The SMILES string of the molecule is C[Si](C)(C)Oc1ncc(Cc2ccccc2)c(C(F)(F)F)n1. The van der Waals surface area contributed by atoms with Crippen LogP contribution in [0.3, 0.4) is 0 Å². The van der Waals surface area contributed by atoms with Gasteiger partial charge in [0, 0.05) is 18.2 Å². The van der Waals surface area contributed by atoms with Crippen LogP contribution in [-0.2, 0) is 12.6 Å². The number of nitrogens with zero attached hydrogens (tertiary/aromatic N) is 2. The van der Waals surface area contributed by atoms with E-state index in [2.05, 4.69) is 9.97 Å². The number of aromatic nitrogens is 2. The molecular weight excluding hydrogens is 309 g/mol. The van der Waals surface area contributed by atoms with Crippen LogP contribution in [0.5, 0.6) is 6.01 Å². The molecule has 0 saturated heterocycles. The van der Waals surface area contributed by atoms with E-state index in [4.69, 9.17) is 4.43 Å². The molecule has 0 amide bonds. The standard InChI is InChI=1S/C15H17F3N2OSi/c1-22(2,3)21-14-19-10-12(13(20-14)15(16,17)18)9-11-7-5-4-6-8-11/h4-8,10H,9H2,1-3H3. The average Bonchev–Trinajstić information content (AvgIpc) is 2.39. The minimum absolute atomic E-state index is 0.0432. The maximum absolute atomic E-state index is 13.2. The molecule has 0 bridgehead atoms. The normalized spacial score (nSPS) is 12.3. The summed E-state index contributed by atoms with van der Waals surface area (Å²) >= 11 is 0. The Kier molecular flexibility index (Phi) is 4.55. The zero-order valence-corrected chi connectivity index (χ0v) is 13.6. The lowest BCUT2D eigenvalue weighted by Gasteiger charge is -2.19. The molecule has 1 aromatic carbocycles. The third-order valence-electron chi connectivity index (χ3n) is 2.75. The van der Waals surface area contributed by atoms with Crippen molar-refractivity contribution >= 4 is 8.32 Å². The molecule has 3 nitrogen and oxygen atoms in total. The topological polar surface area (TPSA) is 35.0 Å². The average molecular weight is 326 g/mol. The van der Waals surface area contributed by atoms with E-state index in [9.17, 15) is 13.2 Å². The Hall–Kier alpha value is -1.89. The van der Waals surface area contributed by atoms with Crippen molar-refractivity contribution in [1.82, 2.24) is 9.97 Å². The van der Waals surface area contributed by atoms with Gasteiger partial charge in [0.25, 0.3) is 0 Å². The first-order valence-corrected chi connectivity index (χ1v) is 10.2. The monoisotopic (exact) mass is 326 g/mol. The van der Waals surface area contributed by atoms with Crippen molar-refractivity contribution in [2.45, 2.75) is 32.2 Å². The molecule has 2 rings (SSSR count). The van der Waals surface area contributed by atoms with Crippen molar-refractivity contribution < 1.29 is 17.6 Å². The highest BCUT2D eigenvalue weighted by atomic mass is 28.4. The first-order chi connectivity index (χ1) is 10.1. The Morgan fingerprint density at radius 1 is 1.09 bits per heavy atom. The van der Waals surface area contributed by atoms with E-state index >= 15 is 0 Å². The molecule has 2 aromatic rings. The second-order valence-corrected chi connectivity index (χ2v) is 10.3. The van der Waals surface area contributed by atoms with E-state index in [1.165, 1.54) is 6.20 Å². The van der Waals surface area contributed by atoms with Gasteiger partial charge in [0.15, 0.2) is 5.69 Å². The summed E-state index contributed by atoms with van der Waals surface area (Å²) < 4.78 is 45.1. The lowest BCUT2D eigenvalue weighted by molar-refractivity contribution is -0.142. The third kappa shape index (κ3) is 4.56. The molecule has 22 heavy (non-hydrogen) atoms. The summed E-state index contributed by atoms with van der Waals surface area (Å²) in [4.78, 5) is 7.54. The minimum Gasteiger partial charge on any atom is -0.518 e. The number of halogens is 3. The van der Waals surface area contributed by atoms with Crippen LogP contribution in [0.2, 0.25) is 19.6 Å². The second kappa shape index (κ2) is 6.08. The molecular formula is C15H17F3N2OSi. The van der Waals surface area contributed by atoms with Crippen LogP contribution in [0.4, 0.5) is 13.2 Å². The van der Waals surface area contributed by atoms with Gasteiger partial charge in [0.05, 0.1) is 0 Å². The second-order valence-electron chi connectivity index (χ2n) is 5.90. The van der Waals surface area contributed by atoms with Gasteiger partial charge < -0.3 is 4.43 Å². The molecule has 0 N–H and O–H groups in total. The fourth-order valence-electron chi connectivity index (χ4n) is 1.90. The van der Waals surface area contributed by atoms with Crippen LogP contribution in [0.1, 0.15) is 16.8 Å². The summed E-state index contributed by atoms with van der Waals surface area (Å²) in [6, 6.07) is 8.72. The van der Waals surface area contributed by atoms with Crippen molar-refractivity contribution in [3.05, 3.63) is 53.3 Å². The van der Waals surface area contributed by atoms with Gasteiger partial charge >= 0.3 is 12.2 Å². The first-order valence-electron chi connectivity index (χ1n) is 6.81. The zero-order valence-electron chi connectivity index (χ0n) is 12.6. The predicted molar refractivity (Wildman–Crippen MR) is 80.3 cm³/mol. The maximum Gasteiger partial charge on any atom is 0.433 e. The van der Waals surface area contributed by atoms with Crippen molar-refractivity contribution in [3.63, 3.8) is 0 Å². The van der Waals surface area contributed by atoms with E-state index in [1.54, 1.807) is 24.3 Å². The van der Waals surface area contributed by atoms with Crippen LogP contribution < -0.4 is 4.43 Å². The molecule has 1 heterocycles. The third-order valence-corrected chi connectivity index (χ3v) is 3.54. The highest BCUT2D eigenvalue weighted by Gasteiger charge is 2.36. The Labute approximate surface area is 128 Å². The summed E-state index contributed by atoms with van der Waals surface area (Å²) in [5, 5.41) is 0. The molecule has 0 aliphatic rings. The van der Waals surface area contributed by atoms with Gasteiger partial charge in [-0.1, -0.05) is 30.3 Å². The zero-order chi connectivity index (χ0) is 16.4. The summed E-state index contributed by atoms with van der Waals surface area (Å²) in [6.45, 7) is 5.59. The van der Waals surface area contributed by atoms with Crippen molar-refractivity contribution in [2.75, 3.05) is 0 Å². The van der Waals surface area contributed by atoms with Crippen LogP contribution in [0.15, 0.2) is 36.5 Å². The molecule has 0 saturated carbocycles. The summed E-state index contributed by atoms with van der Waals surface area (Å²) in [6.07, 6.45) is -3.20. The van der Waals surface area contributed by atoms with Gasteiger partial charge in [-0.05, 0) is 25.2 Å². The Bertz CT molecular complexity index is 639. The summed E-state index contributed by atoms with van der Waals surface area (Å²) in [5.41, 5.74) is -0.114. The highest BCUT2D eigenvalue weighted by molar-refractivity contribution is 6.70. The van der Waals surface area contributed by atoms with Crippen molar-refractivity contribution in [1.29, 1.82) is 0 Å². The van der Waals surface area contributed by atoms with Crippen LogP contribution >= 0.6 is 0 Å². The van der Waals surface area contributed by atoms with Gasteiger partial charge in [-0.15, -0.1) is 0 Å². The lowest BCUT2D eigenvalue weighted by Crippen LogP contribution is -2.30. The molecule has 0 unspecified atom stereocenters. The predicted octanol–water partition coefficient (Wildman–Crippen LogP) is 4.30. The van der Waals surface area contributed by atoms with Crippen molar-refractivity contribution in [2.24, 2.45) is 0 Å².